The van der Waals surface area contributed by atoms with Crippen LogP contribution in [0, 0.1) is 0 Å². The Morgan fingerprint density at radius 3 is 2.00 bits per heavy atom. The summed E-state index contributed by atoms with van der Waals surface area (Å²) < 4.78 is 0. The first-order valence-electron chi connectivity index (χ1n) is 7.01. The molecule has 0 saturated carbocycles. The molecule has 6 heteroatoms. The molecule has 0 bridgehead atoms. The van der Waals surface area contributed by atoms with Gasteiger partial charge in [0.05, 0.1) is 11.3 Å². The SMILES string of the molecule is CC(=O)Nc1ccc(C(=O)Nc2ccccc2)c(NC(C)=O)c1. The van der Waals surface area contributed by atoms with Gasteiger partial charge in [-0.1, -0.05) is 18.2 Å². The molecule has 3 N–H and O–H groups in total. The molecule has 0 aliphatic heterocycles. The Morgan fingerprint density at radius 2 is 1.39 bits per heavy atom. The largest absolute Gasteiger partial charge is 0.326 e. The fourth-order valence-electron chi connectivity index (χ4n) is 2.04. The van der Waals surface area contributed by atoms with Crippen LogP contribution in [0.5, 0.6) is 0 Å². The predicted molar refractivity (Wildman–Crippen MR) is 89.4 cm³/mol. The second-order valence-electron chi connectivity index (χ2n) is 4.94. The molecule has 3 amide bonds. The minimum absolute atomic E-state index is 0.236. The molecule has 6 nitrogen and oxygen atoms in total. The molecular formula is C17H17N3O3. The van der Waals surface area contributed by atoms with Gasteiger partial charge in [-0.2, -0.15) is 0 Å². The molecule has 2 rings (SSSR count). The molecule has 0 radical (unpaired) electrons. The molecule has 0 heterocycles. The van der Waals surface area contributed by atoms with Crippen LogP contribution >= 0.6 is 0 Å². The number of amides is 3. The Bertz CT molecular complexity index is 742. The van der Waals surface area contributed by atoms with Gasteiger partial charge in [0, 0.05) is 25.2 Å². The van der Waals surface area contributed by atoms with Crippen molar-refractivity contribution in [2.75, 3.05) is 16.0 Å². The van der Waals surface area contributed by atoms with Crippen molar-refractivity contribution in [1.82, 2.24) is 0 Å². The van der Waals surface area contributed by atoms with Gasteiger partial charge >= 0.3 is 0 Å². The van der Waals surface area contributed by atoms with Crippen LogP contribution in [-0.4, -0.2) is 17.7 Å². The lowest BCUT2D eigenvalue weighted by molar-refractivity contribution is -0.115. The third-order valence-electron chi connectivity index (χ3n) is 2.93. The van der Waals surface area contributed by atoms with Gasteiger partial charge in [0.25, 0.3) is 5.91 Å². The van der Waals surface area contributed by atoms with Crippen molar-refractivity contribution in [2.45, 2.75) is 13.8 Å². The van der Waals surface area contributed by atoms with Gasteiger partial charge in [-0.3, -0.25) is 14.4 Å². The molecule has 0 atom stereocenters. The summed E-state index contributed by atoms with van der Waals surface area (Å²) in [4.78, 5) is 34.9. The van der Waals surface area contributed by atoms with Crippen molar-refractivity contribution in [3.05, 3.63) is 54.1 Å². The van der Waals surface area contributed by atoms with Gasteiger partial charge in [0.15, 0.2) is 0 Å². The second-order valence-corrected chi connectivity index (χ2v) is 4.94. The quantitative estimate of drug-likeness (QED) is 0.811. The first-order chi connectivity index (χ1) is 11.0. The van der Waals surface area contributed by atoms with Crippen molar-refractivity contribution in [2.24, 2.45) is 0 Å². The van der Waals surface area contributed by atoms with Crippen molar-refractivity contribution in [1.29, 1.82) is 0 Å². The van der Waals surface area contributed by atoms with Gasteiger partial charge < -0.3 is 16.0 Å². The van der Waals surface area contributed by atoms with Gasteiger partial charge in [-0.25, -0.2) is 0 Å². The number of rotatable bonds is 4. The number of hydrogen-bond acceptors (Lipinski definition) is 3. The maximum atomic E-state index is 12.4. The summed E-state index contributed by atoms with van der Waals surface area (Å²) in [6.07, 6.45) is 0. The predicted octanol–water partition coefficient (Wildman–Crippen LogP) is 2.86. The van der Waals surface area contributed by atoms with Crippen molar-refractivity contribution < 1.29 is 14.4 Å². The summed E-state index contributed by atoms with van der Waals surface area (Å²) in [5, 5.41) is 7.97. The zero-order chi connectivity index (χ0) is 16.8. The topological polar surface area (TPSA) is 87.3 Å². The minimum atomic E-state index is -0.352. The number of nitrogens with one attached hydrogen (secondary N) is 3. The molecule has 118 valence electrons. The van der Waals surface area contributed by atoms with Crippen LogP contribution in [0.4, 0.5) is 17.1 Å². The average molecular weight is 311 g/mol. The Hall–Kier alpha value is -3.15. The van der Waals surface area contributed by atoms with Crippen LogP contribution < -0.4 is 16.0 Å². The summed E-state index contributed by atoms with van der Waals surface area (Å²) in [5.41, 5.74) is 1.78. The highest BCUT2D eigenvalue weighted by Gasteiger charge is 2.14. The van der Waals surface area contributed by atoms with Crippen LogP contribution in [0.25, 0.3) is 0 Å². The lowest BCUT2D eigenvalue weighted by atomic mass is 10.1. The van der Waals surface area contributed by atoms with E-state index in [0.29, 0.717) is 22.6 Å². The Labute approximate surface area is 133 Å². The Morgan fingerprint density at radius 1 is 0.739 bits per heavy atom. The fourth-order valence-corrected chi connectivity index (χ4v) is 2.04. The van der Waals surface area contributed by atoms with Crippen LogP contribution in [0.2, 0.25) is 0 Å². The van der Waals surface area contributed by atoms with E-state index in [9.17, 15) is 14.4 Å². The standard InChI is InChI=1S/C17H17N3O3/c1-11(21)18-14-8-9-15(16(10-14)19-12(2)22)17(23)20-13-6-4-3-5-7-13/h3-10H,1-2H3,(H,18,21)(H,19,22)(H,20,23). The van der Waals surface area contributed by atoms with Gasteiger partial charge in [0.2, 0.25) is 11.8 Å². The molecule has 23 heavy (non-hydrogen) atoms. The van der Waals surface area contributed by atoms with Crippen molar-refractivity contribution in [3.63, 3.8) is 0 Å². The summed E-state index contributed by atoms with van der Waals surface area (Å²) in [5.74, 6) is -0.895. The summed E-state index contributed by atoms with van der Waals surface area (Å²) >= 11 is 0. The normalized spacial score (nSPS) is 9.83. The first kappa shape index (κ1) is 16.2. The van der Waals surface area contributed by atoms with E-state index in [1.54, 1.807) is 30.3 Å². The monoisotopic (exact) mass is 311 g/mol. The fraction of sp³-hybridized carbons (Fsp3) is 0.118. The maximum absolute atomic E-state index is 12.4. The number of carbonyl (C=O) groups is 3. The smallest absolute Gasteiger partial charge is 0.257 e. The summed E-state index contributed by atoms with van der Waals surface area (Å²) in [6.45, 7) is 2.73. The molecule has 0 fully saturated rings. The van der Waals surface area contributed by atoms with Crippen LogP contribution in [-0.2, 0) is 9.59 Å². The van der Waals surface area contributed by atoms with E-state index in [1.165, 1.54) is 13.8 Å². The number of anilines is 3. The summed E-state index contributed by atoms with van der Waals surface area (Å²) in [6, 6.07) is 13.7. The number of carbonyl (C=O) groups excluding carboxylic acids is 3. The third kappa shape index (κ3) is 4.67. The van der Waals surface area contributed by atoms with E-state index in [4.69, 9.17) is 0 Å². The molecule has 0 aromatic heterocycles. The van der Waals surface area contributed by atoms with Crippen LogP contribution in [0.15, 0.2) is 48.5 Å². The first-order valence-corrected chi connectivity index (χ1v) is 7.01. The van der Waals surface area contributed by atoms with Crippen molar-refractivity contribution >= 4 is 34.8 Å². The van der Waals surface area contributed by atoms with E-state index < -0.39 is 0 Å². The van der Waals surface area contributed by atoms with E-state index in [0.717, 1.165) is 0 Å². The molecule has 0 unspecified atom stereocenters. The van der Waals surface area contributed by atoms with Gasteiger partial charge in [0.1, 0.15) is 0 Å². The van der Waals surface area contributed by atoms with E-state index >= 15 is 0 Å². The van der Waals surface area contributed by atoms with E-state index in [1.807, 2.05) is 18.2 Å². The zero-order valence-corrected chi connectivity index (χ0v) is 12.8. The number of benzene rings is 2. The Balaban J connectivity index is 2.30. The minimum Gasteiger partial charge on any atom is -0.326 e. The third-order valence-corrected chi connectivity index (χ3v) is 2.93. The maximum Gasteiger partial charge on any atom is 0.257 e. The van der Waals surface area contributed by atoms with Crippen molar-refractivity contribution in [3.8, 4) is 0 Å². The van der Waals surface area contributed by atoms with Gasteiger partial charge in [-0.15, -0.1) is 0 Å². The zero-order valence-electron chi connectivity index (χ0n) is 12.8. The lowest BCUT2D eigenvalue weighted by Crippen LogP contribution is -2.17. The van der Waals surface area contributed by atoms with Crippen LogP contribution in [0.1, 0.15) is 24.2 Å². The molecule has 2 aromatic carbocycles. The van der Waals surface area contributed by atoms with Gasteiger partial charge in [-0.05, 0) is 30.3 Å². The second kappa shape index (κ2) is 7.22. The molecule has 0 aliphatic rings. The summed E-state index contributed by atoms with van der Waals surface area (Å²) in [7, 11) is 0. The molecule has 0 spiro atoms. The highest BCUT2D eigenvalue weighted by Crippen LogP contribution is 2.22. The molecular weight excluding hydrogens is 294 g/mol. The molecule has 0 saturated heterocycles. The highest BCUT2D eigenvalue weighted by molar-refractivity contribution is 6.10. The lowest BCUT2D eigenvalue weighted by Gasteiger charge is -2.12. The molecule has 0 aliphatic carbocycles. The van der Waals surface area contributed by atoms with E-state index in [2.05, 4.69) is 16.0 Å². The van der Waals surface area contributed by atoms with E-state index in [-0.39, 0.29) is 17.7 Å². The Kier molecular flexibility index (Phi) is 5.09. The average Bonchev–Trinajstić information content (AvgIpc) is 2.47. The number of para-hydroxylation sites is 1. The number of hydrogen-bond donors (Lipinski definition) is 3. The van der Waals surface area contributed by atoms with Crippen LogP contribution in [0.3, 0.4) is 0 Å². The highest BCUT2D eigenvalue weighted by atomic mass is 16.2. The molecule has 2 aromatic rings.